The van der Waals surface area contributed by atoms with Crippen LogP contribution in [0.1, 0.15) is 37.2 Å². The van der Waals surface area contributed by atoms with Crippen molar-refractivity contribution >= 4 is 11.3 Å². The van der Waals surface area contributed by atoms with Gasteiger partial charge in [-0.25, -0.2) is 0 Å². The normalized spacial score (nSPS) is 31.4. The fourth-order valence-electron chi connectivity index (χ4n) is 2.34. The molecule has 0 radical (unpaired) electrons. The van der Waals surface area contributed by atoms with E-state index in [9.17, 15) is 0 Å². The third-order valence-corrected chi connectivity index (χ3v) is 4.34. The Balaban J connectivity index is 1.54. The van der Waals surface area contributed by atoms with E-state index in [1.807, 2.05) is 11.3 Å². The first-order valence-corrected chi connectivity index (χ1v) is 6.63. The van der Waals surface area contributed by atoms with Crippen LogP contribution < -0.4 is 5.32 Å². The van der Waals surface area contributed by atoms with Crippen molar-refractivity contribution in [3.63, 3.8) is 0 Å². The highest BCUT2D eigenvalue weighted by Crippen LogP contribution is 2.43. The topological polar surface area (TPSA) is 12.0 Å². The van der Waals surface area contributed by atoms with Gasteiger partial charge in [-0.2, -0.15) is 11.3 Å². The van der Waals surface area contributed by atoms with Gasteiger partial charge in [-0.3, -0.25) is 0 Å². The van der Waals surface area contributed by atoms with Gasteiger partial charge in [0.15, 0.2) is 0 Å². The molecule has 0 spiro atoms. The van der Waals surface area contributed by atoms with E-state index in [1.165, 1.54) is 32.2 Å². The zero-order valence-corrected chi connectivity index (χ0v) is 9.22. The van der Waals surface area contributed by atoms with Crippen LogP contribution in [-0.4, -0.2) is 12.6 Å². The summed E-state index contributed by atoms with van der Waals surface area (Å²) in [6, 6.07) is 3.18. The minimum atomic E-state index is 0.868. The highest BCUT2D eigenvalue weighted by molar-refractivity contribution is 7.07. The molecule has 2 aliphatic carbocycles. The molecule has 2 atom stereocenters. The lowest BCUT2D eigenvalue weighted by molar-refractivity contribution is 0.245. The minimum Gasteiger partial charge on any atom is -0.314 e. The molecule has 2 heteroatoms. The van der Waals surface area contributed by atoms with Gasteiger partial charge in [-0.05, 0) is 66.5 Å². The van der Waals surface area contributed by atoms with E-state index >= 15 is 0 Å². The molecule has 0 bridgehead atoms. The van der Waals surface area contributed by atoms with Crippen molar-refractivity contribution in [3.8, 4) is 0 Å². The maximum absolute atomic E-state index is 3.65. The summed E-state index contributed by atoms with van der Waals surface area (Å²) in [5.41, 5.74) is 1.59. The average Bonchev–Trinajstić information content (AvgIpc) is 2.81. The molecular formula is C12H17NS. The van der Waals surface area contributed by atoms with Crippen molar-refractivity contribution in [1.82, 2.24) is 5.32 Å². The molecular weight excluding hydrogens is 190 g/mol. The smallest absolute Gasteiger partial charge is 0.00683 e. The molecule has 76 valence electrons. The summed E-state index contributed by atoms with van der Waals surface area (Å²) in [6.45, 7) is 1.26. The number of rotatable bonds is 4. The van der Waals surface area contributed by atoms with Crippen LogP contribution in [0.3, 0.4) is 0 Å². The number of hydrogen-bond acceptors (Lipinski definition) is 2. The second kappa shape index (κ2) is 3.67. The summed E-state index contributed by atoms with van der Waals surface area (Å²) in [5.74, 6) is 1.79. The van der Waals surface area contributed by atoms with Crippen LogP contribution in [0.15, 0.2) is 16.8 Å². The molecule has 0 aromatic carbocycles. The molecule has 0 aliphatic heterocycles. The number of thiophene rings is 1. The maximum atomic E-state index is 3.65. The van der Waals surface area contributed by atoms with Crippen LogP contribution in [0.5, 0.6) is 0 Å². The first-order chi connectivity index (χ1) is 6.93. The third kappa shape index (κ3) is 1.73. The Morgan fingerprint density at radius 3 is 2.79 bits per heavy atom. The van der Waals surface area contributed by atoms with E-state index in [0.29, 0.717) is 0 Å². The fraction of sp³-hybridized carbons (Fsp3) is 0.667. The minimum absolute atomic E-state index is 0.868. The highest BCUT2D eigenvalue weighted by atomic mass is 32.1. The van der Waals surface area contributed by atoms with Gasteiger partial charge in [-0.1, -0.05) is 0 Å². The zero-order chi connectivity index (χ0) is 9.38. The lowest BCUT2D eigenvalue weighted by atomic mass is 9.70. The van der Waals surface area contributed by atoms with Crippen LogP contribution in [0, 0.1) is 5.92 Å². The Kier molecular flexibility index (Phi) is 2.34. The lowest BCUT2D eigenvalue weighted by Crippen LogP contribution is -2.34. The van der Waals surface area contributed by atoms with Gasteiger partial charge in [0.2, 0.25) is 0 Å². The highest BCUT2D eigenvalue weighted by Gasteiger charge is 2.33. The maximum Gasteiger partial charge on any atom is 0.00683 e. The van der Waals surface area contributed by atoms with E-state index < -0.39 is 0 Å². The van der Waals surface area contributed by atoms with E-state index in [-0.39, 0.29) is 0 Å². The summed E-state index contributed by atoms with van der Waals surface area (Å²) >= 11 is 1.84. The molecule has 1 N–H and O–H groups in total. The first-order valence-electron chi connectivity index (χ1n) is 5.69. The molecule has 1 nitrogen and oxygen atoms in total. The van der Waals surface area contributed by atoms with Crippen LogP contribution >= 0.6 is 11.3 Å². The zero-order valence-electron chi connectivity index (χ0n) is 8.41. The van der Waals surface area contributed by atoms with Crippen molar-refractivity contribution in [2.24, 2.45) is 5.92 Å². The molecule has 1 aromatic rings. The Bertz CT molecular complexity index is 289. The lowest BCUT2D eigenvalue weighted by Gasteiger charge is -2.36. The van der Waals surface area contributed by atoms with Gasteiger partial charge in [0, 0.05) is 6.04 Å². The summed E-state index contributed by atoms with van der Waals surface area (Å²) in [6.07, 6.45) is 5.67. The van der Waals surface area contributed by atoms with Crippen molar-refractivity contribution < 1.29 is 0 Å². The van der Waals surface area contributed by atoms with Gasteiger partial charge in [-0.15, -0.1) is 0 Å². The molecule has 14 heavy (non-hydrogen) atoms. The quantitative estimate of drug-likeness (QED) is 0.800. The Hall–Kier alpha value is -0.340. The van der Waals surface area contributed by atoms with Crippen molar-refractivity contribution in [1.29, 1.82) is 0 Å². The summed E-state index contributed by atoms with van der Waals surface area (Å²) in [5, 5.41) is 8.19. The monoisotopic (exact) mass is 207 g/mol. The summed E-state index contributed by atoms with van der Waals surface area (Å²) < 4.78 is 0. The Labute approximate surface area is 89.5 Å². The SMILES string of the molecule is c1cc(C2CCC2CNC2CC2)cs1. The van der Waals surface area contributed by atoms with Gasteiger partial charge in [0.25, 0.3) is 0 Å². The molecule has 2 aliphatic rings. The van der Waals surface area contributed by atoms with Crippen LogP contribution in [-0.2, 0) is 0 Å². The fourth-order valence-corrected chi connectivity index (χ4v) is 3.07. The second-order valence-electron chi connectivity index (χ2n) is 4.68. The second-order valence-corrected chi connectivity index (χ2v) is 5.46. The van der Waals surface area contributed by atoms with Crippen LogP contribution in [0.2, 0.25) is 0 Å². The number of hydrogen-bond donors (Lipinski definition) is 1. The average molecular weight is 207 g/mol. The molecule has 0 saturated heterocycles. The van der Waals surface area contributed by atoms with E-state index in [2.05, 4.69) is 22.1 Å². The third-order valence-electron chi connectivity index (χ3n) is 3.63. The van der Waals surface area contributed by atoms with E-state index in [0.717, 1.165) is 17.9 Å². The Morgan fingerprint density at radius 2 is 2.21 bits per heavy atom. The summed E-state index contributed by atoms with van der Waals surface area (Å²) in [4.78, 5) is 0. The van der Waals surface area contributed by atoms with E-state index in [4.69, 9.17) is 0 Å². The van der Waals surface area contributed by atoms with Crippen LogP contribution in [0.4, 0.5) is 0 Å². The van der Waals surface area contributed by atoms with Crippen molar-refractivity contribution in [3.05, 3.63) is 22.4 Å². The molecule has 2 saturated carbocycles. The molecule has 2 unspecified atom stereocenters. The van der Waals surface area contributed by atoms with Gasteiger partial charge < -0.3 is 5.32 Å². The van der Waals surface area contributed by atoms with Crippen molar-refractivity contribution in [2.75, 3.05) is 6.54 Å². The molecule has 0 amide bonds. The molecule has 1 heterocycles. The van der Waals surface area contributed by atoms with Gasteiger partial charge >= 0.3 is 0 Å². The predicted octanol–water partition coefficient (Wildman–Crippen LogP) is 2.99. The first kappa shape index (κ1) is 8.93. The van der Waals surface area contributed by atoms with E-state index in [1.54, 1.807) is 5.56 Å². The predicted molar refractivity (Wildman–Crippen MR) is 60.8 cm³/mol. The van der Waals surface area contributed by atoms with Crippen LogP contribution in [0.25, 0.3) is 0 Å². The number of nitrogens with one attached hydrogen (secondary N) is 1. The van der Waals surface area contributed by atoms with Gasteiger partial charge in [0.05, 0.1) is 0 Å². The molecule has 3 rings (SSSR count). The molecule has 1 aromatic heterocycles. The summed E-state index contributed by atoms with van der Waals surface area (Å²) in [7, 11) is 0. The van der Waals surface area contributed by atoms with Gasteiger partial charge in [0.1, 0.15) is 0 Å². The molecule has 2 fully saturated rings. The Morgan fingerprint density at radius 1 is 1.29 bits per heavy atom. The van der Waals surface area contributed by atoms with Crippen molar-refractivity contribution in [2.45, 2.75) is 37.6 Å². The standard InChI is InChI=1S/C12H17NS/c1-4-12(10-5-6-14-8-10)9(1)7-13-11-2-3-11/h5-6,8-9,11-13H,1-4,7H2. The largest absolute Gasteiger partial charge is 0.314 e.